The van der Waals surface area contributed by atoms with Gasteiger partial charge in [0.05, 0.1) is 6.54 Å². The SMILES string of the molecule is CC1CCN(C(=O)CN2CCC(c3cccc(Nc4nccs4)n3)CC2)CC1. The van der Waals surface area contributed by atoms with Gasteiger partial charge in [0, 0.05) is 36.3 Å². The second kappa shape index (κ2) is 9.01. The number of hydrogen-bond acceptors (Lipinski definition) is 6. The van der Waals surface area contributed by atoms with Gasteiger partial charge in [0.1, 0.15) is 5.82 Å². The van der Waals surface area contributed by atoms with Gasteiger partial charge in [0.25, 0.3) is 0 Å². The van der Waals surface area contributed by atoms with Crippen LogP contribution >= 0.6 is 11.3 Å². The maximum Gasteiger partial charge on any atom is 0.236 e. The predicted molar refractivity (Wildman–Crippen MR) is 113 cm³/mol. The van der Waals surface area contributed by atoms with E-state index in [0.29, 0.717) is 18.4 Å². The van der Waals surface area contributed by atoms with E-state index in [9.17, 15) is 4.79 Å². The molecule has 2 saturated heterocycles. The molecule has 0 aliphatic carbocycles. The third-order valence-corrected chi connectivity index (χ3v) is 6.63. The highest BCUT2D eigenvalue weighted by Gasteiger charge is 2.26. The number of piperidine rings is 2. The van der Waals surface area contributed by atoms with Crippen molar-refractivity contribution < 1.29 is 4.79 Å². The molecule has 4 rings (SSSR count). The number of pyridine rings is 1. The maximum absolute atomic E-state index is 12.6. The van der Waals surface area contributed by atoms with Crippen molar-refractivity contribution in [2.45, 2.75) is 38.5 Å². The lowest BCUT2D eigenvalue weighted by Crippen LogP contribution is -2.45. The molecule has 2 aromatic rings. The number of hydrogen-bond donors (Lipinski definition) is 1. The van der Waals surface area contributed by atoms with Crippen LogP contribution in [0.3, 0.4) is 0 Å². The Labute approximate surface area is 171 Å². The van der Waals surface area contributed by atoms with E-state index in [2.05, 4.69) is 39.2 Å². The van der Waals surface area contributed by atoms with Gasteiger partial charge < -0.3 is 10.2 Å². The molecule has 0 radical (unpaired) electrons. The highest BCUT2D eigenvalue weighted by molar-refractivity contribution is 7.13. The smallest absolute Gasteiger partial charge is 0.236 e. The van der Waals surface area contributed by atoms with Crippen molar-refractivity contribution in [3.63, 3.8) is 0 Å². The normalized spacial score (nSPS) is 19.7. The molecule has 0 aromatic carbocycles. The van der Waals surface area contributed by atoms with Crippen LogP contribution in [-0.4, -0.2) is 58.4 Å². The Balaban J connectivity index is 1.27. The first-order chi connectivity index (χ1) is 13.7. The fraction of sp³-hybridized carbons (Fsp3) is 0.571. The average molecular weight is 400 g/mol. The van der Waals surface area contributed by atoms with Gasteiger partial charge in [-0.15, -0.1) is 11.3 Å². The molecular formula is C21H29N5OS. The summed E-state index contributed by atoms with van der Waals surface area (Å²) in [6.45, 7) is 6.64. The molecule has 1 amide bonds. The summed E-state index contributed by atoms with van der Waals surface area (Å²) in [6.07, 6.45) is 6.18. The highest BCUT2D eigenvalue weighted by Crippen LogP contribution is 2.28. The first-order valence-electron chi connectivity index (χ1n) is 10.3. The van der Waals surface area contributed by atoms with Crippen LogP contribution in [0, 0.1) is 5.92 Å². The van der Waals surface area contributed by atoms with Crippen LogP contribution in [0.15, 0.2) is 29.8 Å². The lowest BCUT2D eigenvalue weighted by Gasteiger charge is -2.35. The fourth-order valence-electron chi connectivity index (χ4n) is 4.08. The lowest BCUT2D eigenvalue weighted by molar-refractivity contribution is -0.134. The average Bonchev–Trinajstić information content (AvgIpc) is 3.22. The monoisotopic (exact) mass is 399 g/mol. The van der Waals surface area contributed by atoms with Crippen molar-refractivity contribution in [2.75, 3.05) is 38.0 Å². The minimum Gasteiger partial charge on any atom is -0.342 e. The maximum atomic E-state index is 12.6. The zero-order valence-electron chi connectivity index (χ0n) is 16.5. The van der Waals surface area contributed by atoms with E-state index >= 15 is 0 Å². The number of rotatable bonds is 5. The first-order valence-corrected chi connectivity index (χ1v) is 11.2. The Bertz CT molecular complexity index is 765. The second-order valence-corrected chi connectivity index (χ2v) is 8.92. The molecule has 4 heterocycles. The molecule has 0 spiro atoms. The Hall–Kier alpha value is -1.99. The summed E-state index contributed by atoms with van der Waals surface area (Å²) < 4.78 is 0. The summed E-state index contributed by atoms with van der Waals surface area (Å²) >= 11 is 1.57. The van der Waals surface area contributed by atoms with Gasteiger partial charge >= 0.3 is 0 Å². The molecule has 150 valence electrons. The van der Waals surface area contributed by atoms with Crippen LogP contribution in [0.2, 0.25) is 0 Å². The summed E-state index contributed by atoms with van der Waals surface area (Å²) in [5.41, 5.74) is 1.14. The molecule has 0 bridgehead atoms. The summed E-state index contributed by atoms with van der Waals surface area (Å²) in [5.74, 6) is 2.37. The number of carbonyl (C=O) groups excluding carboxylic acids is 1. The van der Waals surface area contributed by atoms with Crippen LogP contribution in [0.4, 0.5) is 10.9 Å². The van der Waals surface area contributed by atoms with E-state index in [1.54, 1.807) is 17.5 Å². The molecule has 2 aliphatic heterocycles. The van der Waals surface area contributed by atoms with E-state index < -0.39 is 0 Å². The predicted octanol–water partition coefficient (Wildman–Crippen LogP) is 3.72. The number of thiazole rings is 1. The number of anilines is 2. The molecule has 6 nitrogen and oxygen atoms in total. The molecule has 28 heavy (non-hydrogen) atoms. The van der Waals surface area contributed by atoms with Gasteiger partial charge in [-0.2, -0.15) is 0 Å². The largest absolute Gasteiger partial charge is 0.342 e. The lowest BCUT2D eigenvalue weighted by atomic mass is 9.93. The third kappa shape index (κ3) is 4.89. The van der Waals surface area contributed by atoms with E-state index in [0.717, 1.165) is 74.4 Å². The van der Waals surface area contributed by atoms with Crippen LogP contribution in [0.5, 0.6) is 0 Å². The minimum atomic E-state index is 0.304. The Kier molecular flexibility index (Phi) is 6.22. The van der Waals surface area contributed by atoms with E-state index in [-0.39, 0.29) is 0 Å². The highest BCUT2D eigenvalue weighted by atomic mass is 32.1. The number of nitrogens with zero attached hydrogens (tertiary/aromatic N) is 4. The van der Waals surface area contributed by atoms with Crippen molar-refractivity contribution in [3.05, 3.63) is 35.5 Å². The van der Waals surface area contributed by atoms with E-state index in [4.69, 9.17) is 4.98 Å². The van der Waals surface area contributed by atoms with E-state index in [1.807, 2.05) is 11.4 Å². The van der Waals surface area contributed by atoms with Gasteiger partial charge in [0.15, 0.2) is 5.13 Å². The quantitative estimate of drug-likeness (QED) is 0.830. The summed E-state index contributed by atoms with van der Waals surface area (Å²) in [4.78, 5) is 26.0. The molecule has 2 aliphatic rings. The molecule has 7 heteroatoms. The van der Waals surface area contributed by atoms with Crippen molar-refractivity contribution in [1.82, 2.24) is 19.8 Å². The number of nitrogens with one attached hydrogen (secondary N) is 1. The molecule has 2 aromatic heterocycles. The Morgan fingerprint density at radius 3 is 2.68 bits per heavy atom. The van der Waals surface area contributed by atoms with Gasteiger partial charge in [-0.3, -0.25) is 9.69 Å². The van der Waals surface area contributed by atoms with Gasteiger partial charge in [-0.05, 0) is 56.8 Å². The summed E-state index contributed by atoms with van der Waals surface area (Å²) in [5, 5.41) is 6.09. The zero-order valence-corrected chi connectivity index (χ0v) is 17.3. The van der Waals surface area contributed by atoms with E-state index in [1.165, 1.54) is 0 Å². The van der Waals surface area contributed by atoms with Crippen LogP contribution < -0.4 is 5.32 Å². The molecule has 0 atom stereocenters. The topological polar surface area (TPSA) is 61.4 Å². The zero-order chi connectivity index (χ0) is 19.3. The molecule has 0 unspecified atom stereocenters. The molecule has 1 N–H and O–H groups in total. The standard InChI is InChI=1S/C21H29N5OS/c1-16-5-12-26(13-6-16)20(27)15-25-10-7-17(8-11-25)18-3-2-4-19(23-18)24-21-22-9-14-28-21/h2-4,9,14,16-17H,5-8,10-13,15H2,1H3,(H,22,23,24). The van der Waals surface area contributed by atoms with Crippen LogP contribution in [-0.2, 0) is 4.79 Å². The third-order valence-electron chi connectivity index (χ3n) is 5.94. The second-order valence-electron chi connectivity index (χ2n) is 8.02. The Morgan fingerprint density at radius 1 is 1.18 bits per heavy atom. The van der Waals surface area contributed by atoms with Crippen molar-refractivity contribution in [1.29, 1.82) is 0 Å². The van der Waals surface area contributed by atoms with Gasteiger partial charge in [-0.25, -0.2) is 9.97 Å². The molecular weight excluding hydrogens is 370 g/mol. The van der Waals surface area contributed by atoms with Gasteiger partial charge in [0.2, 0.25) is 5.91 Å². The first kappa shape index (κ1) is 19.3. The van der Waals surface area contributed by atoms with Crippen LogP contribution in [0.25, 0.3) is 0 Å². The summed E-state index contributed by atoms with van der Waals surface area (Å²) in [6, 6.07) is 6.16. The molecule has 2 fully saturated rings. The minimum absolute atomic E-state index is 0.304. The van der Waals surface area contributed by atoms with Crippen molar-refractivity contribution in [2.24, 2.45) is 5.92 Å². The summed E-state index contributed by atoms with van der Waals surface area (Å²) in [7, 11) is 0. The van der Waals surface area contributed by atoms with Crippen LogP contribution in [0.1, 0.15) is 44.2 Å². The number of aromatic nitrogens is 2. The van der Waals surface area contributed by atoms with Crippen molar-refractivity contribution in [3.8, 4) is 0 Å². The number of likely N-dealkylation sites (tertiary alicyclic amines) is 2. The molecule has 0 saturated carbocycles. The fourth-order valence-corrected chi connectivity index (χ4v) is 4.62. The van der Waals surface area contributed by atoms with Crippen molar-refractivity contribution >= 4 is 28.2 Å². The number of amides is 1. The Morgan fingerprint density at radius 2 is 1.96 bits per heavy atom. The number of carbonyl (C=O) groups is 1. The van der Waals surface area contributed by atoms with Gasteiger partial charge in [-0.1, -0.05) is 13.0 Å².